The number of carbonyl (C=O) groups excluding carboxylic acids is 2. The topological polar surface area (TPSA) is 86.8 Å². The van der Waals surface area contributed by atoms with E-state index in [2.05, 4.69) is 5.32 Å². The first-order valence-electron chi connectivity index (χ1n) is 13.0. The highest BCUT2D eigenvalue weighted by Gasteiger charge is 2.33. The molecule has 0 saturated carbocycles. The summed E-state index contributed by atoms with van der Waals surface area (Å²) in [7, 11) is -3.87. The Bertz CT molecular complexity index is 1350. The van der Waals surface area contributed by atoms with Gasteiger partial charge in [-0.15, -0.1) is 0 Å². The van der Waals surface area contributed by atoms with Gasteiger partial charge < -0.3 is 10.2 Å². The summed E-state index contributed by atoms with van der Waals surface area (Å²) in [6.45, 7) is 4.14. The predicted molar refractivity (Wildman–Crippen MR) is 157 cm³/mol. The number of hydrogen-bond donors (Lipinski definition) is 1. The second kappa shape index (κ2) is 14.1. The zero-order chi connectivity index (χ0) is 28.4. The summed E-state index contributed by atoms with van der Waals surface area (Å²) in [6.07, 6.45) is 3.04. The molecule has 2 amide bonds. The van der Waals surface area contributed by atoms with Crippen molar-refractivity contribution in [2.24, 2.45) is 0 Å². The second-order valence-electron chi connectivity index (χ2n) is 9.58. The molecule has 0 saturated heterocycles. The van der Waals surface area contributed by atoms with Crippen molar-refractivity contribution in [2.75, 3.05) is 23.7 Å². The van der Waals surface area contributed by atoms with Gasteiger partial charge in [-0.05, 0) is 36.6 Å². The summed E-state index contributed by atoms with van der Waals surface area (Å²) < 4.78 is 26.6. The maximum absolute atomic E-state index is 14.0. The van der Waals surface area contributed by atoms with Crippen LogP contribution in [-0.4, -0.2) is 50.5 Å². The summed E-state index contributed by atoms with van der Waals surface area (Å²) in [5, 5.41) is 3.18. The number of nitrogens with zero attached hydrogens (tertiary/aromatic N) is 2. The number of amides is 2. The SMILES string of the molecule is CCCCNC(=O)[C@H](Cc1ccccc1)N(Cc1ccc(C)cc1)C(=O)CN(c1ccccc1Cl)S(C)(=O)=O. The maximum Gasteiger partial charge on any atom is 0.244 e. The number of sulfonamides is 1. The highest BCUT2D eigenvalue weighted by atomic mass is 35.5. The van der Waals surface area contributed by atoms with E-state index in [1.54, 1.807) is 24.3 Å². The molecule has 0 aliphatic rings. The molecule has 3 rings (SSSR count). The average molecular weight is 570 g/mol. The lowest BCUT2D eigenvalue weighted by Gasteiger charge is -2.33. The van der Waals surface area contributed by atoms with Crippen molar-refractivity contribution in [3.63, 3.8) is 0 Å². The lowest BCUT2D eigenvalue weighted by molar-refractivity contribution is -0.140. The number of carbonyl (C=O) groups is 2. The molecule has 1 atom stereocenters. The Morgan fingerprint density at radius 1 is 0.923 bits per heavy atom. The van der Waals surface area contributed by atoms with Crippen LogP contribution in [0.3, 0.4) is 0 Å². The van der Waals surface area contributed by atoms with Gasteiger partial charge in [-0.2, -0.15) is 0 Å². The van der Waals surface area contributed by atoms with E-state index in [1.165, 1.54) is 4.90 Å². The number of benzene rings is 3. The van der Waals surface area contributed by atoms with Gasteiger partial charge in [-0.1, -0.05) is 97.2 Å². The van der Waals surface area contributed by atoms with E-state index in [0.29, 0.717) is 6.54 Å². The number of nitrogens with one attached hydrogen (secondary N) is 1. The van der Waals surface area contributed by atoms with Crippen molar-refractivity contribution in [3.8, 4) is 0 Å². The zero-order valence-corrected chi connectivity index (χ0v) is 24.2. The molecule has 0 aliphatic heterocycles. The van der Waals surface area contributed by atoms with E-state index in [-0.39, 0.29) is 29.6 Å². The third-order valence-electron chi connectivity index (χ3n) is 6.37. The van der Waals surface area contributed by atoms with Gasteiger partial charge in [0.2, 0.25) is 21.8 Å². The summed E-state index contributed by atoms with van der Waals surface area (Å²) in [5.74, 6) is -0.788. The molecule has 0 unspecified atom stereocenters. The van der Waals surface area contributed by atoms with Crippen LogP contribution < -0.4 is 9.62 Å². The molecule has 3 aromatic carbocycles. The van der Waals surface area contributed by atoms with Crippen LogP contribution in [0.2, 0.25) is 5.02 Å². The molecule has 0 fully saturated rings. The fourth-order valence-corrected chi connectivity index (χ4v) is 5.35. The van der Waals surface area contributed by atoms with Crippen LogP contribution in [0, 0.1) is 6.92 Å². The van der Waals surface area contributed by atoms with Gasteiger partial charge in [0.1, 0.15) is 12.6 Å². The average Bonchev–Trinajstić information content (AvgIpc) is 2.91. The first-order valence-corrected chi connectivity index (χ1v) is 15.2. The molecule has 0 bridgehead atoms. The van der Waals surface area contributed by atoms with Crippen LogP contribution in [0.15, 0.2) is 78.9 Å². The highest BCUT2D eigenvalue weighted by Crippen LogP contribution is 2.27. The van der Waals surface area contributed by atoms with Crippen LogP contribution in [0.25, 0.3) is 0 Å². The number of unbranched alkanes of at least 4 members (excludes halogenated alkanes) is 1. The fourth-order valence-electron chi connectivity index (χ4n) is 4.20. The molecule has 0 spiro atoms. The van der Waals surface area contributed by atoms with Crippen molar-refractivity contribution < 1.29 is 18.0 Å². The number of rotatable bonds is 13. The van der Waals surface area contributed by atoms with Crippen molar-refractivity contribution in [1.82, 2.24) is 10.2 Å². The second-order valence-corrected chi connectivity index (χ2v) is 11.9. The van der Waals surface area contributed by atoms with Gasteiger partial charge in [-0.25, -0.2) is 8.42 Å². The number of hydrogen-bond acceptors (Lipinski definition) is 4. The summed E-state index contributed by atoms with van der Waals surface area (Å²) in [5.41, 5.74) is 2.99. The molecule has 1 N–H and O–H groups in total. The number of para-hydroxylation sites is 1. The van der Waals surface area contributed by atoms with E-state index in [4.69, 9.17) is 11.6 Å². The highest BCUT2D eigenvalue weighted by molar-refractivity contribution is 7.92. The largest absolute Gasteiger partial charge is 0.354 e. The summed E-state index contributed by atoms with van der Waals surface area (Å²) in [4.78, 5) is 29.1. The Balaban J connectivity index is 2.03. The van der Waals surface area contributed by atoms with E-state index >= 15 is 0 Å². The van der Waals surface area contributed by atoms with Crippen molar-refractivity contribution in [1.29, 1.82) is 0 Å². The smallest absolute Gasteiger partial charge is 0.244 e. The fraction of sp³-hybridized carbons (Fsp3) is 0.333. The third kappa shape index (κ3) is 8.83. The van der Waals surface area contributed by atoms with Gasteiger partial charge in [0.15, 0.2) is 0 Å². The summed E-state index contributed by atoms with van der Waals surface area (Å²) in [6, 6.07) is 22.8. The van der Waals surface area contributed by atoms with Gasteiger partial charge in [0, 0.05) is 19.5 Å². The van der Waals surface area contributed by atoms with Crippen LogP contribution in [-0.2, 0) is 32.6 Å². The molecule has 3 aromatic rings. The van der Waals surface area contributed by atoms with Crippen molar-refractivity contribution >= 4 is 39.1 Å². The lowest BCUT2D eigenvalue weighted by Crippen LogP contribution is -2.53. The van der Waals surface area contributed by atoms with E-state index in [1.807, 2.05) is 68.4 Å². The molecule has 0 aromatic heterocycles. The maximum atomic E-state index is 14.0. The molecule has 9 heteroatoms. The number of halogens is 1. The van der Waals surface area contributed by atoms with E-state index in [9.17, 15) is 18.0 Å². The van der Waals surface area contributed by atoms with Crippen LogP contribution in [0.4, 0.5) is 5.69 Å². The molecular weight excluding hydrogens is 534 g/mol. The zero-order valence-electron chi connectivity index (χ0n) is 22.6. The number of anilines is 1. The van der Waals surface area contributed by atoms with Crippen LogP contribution in [0.5, 0.6) is 0 Å². The quantitative estimate of drug-likeness (QED) is 0.294. The molecule has 0 heterocycles. The molecule has 208 valence electrons. The van der Waals surface area contributed by atoms with Gasteiger partial charge in [0.25, 0.3) is 0 Å². The first kappa shape index (κ1) is 30.2. The molecular formula is C30H36ClN3O4S. The Morgan fingerprint density at radius 3 is 2.18 bits per heavy atom. The third-order valence-corrected chi connectivity index (χ3v) is 7.82. The van der Waals surface area contributed by atoms with E-state index < -0.39 is 28.5 Å². The molecule has 0 aliphatic carbocycles. The minimum absolute atomic E-state index is 0.137. The Morgan fingerprint density at radius 2 is 1.56 bits per heavy atom. The first-order chi connectivity index (χ1) is 18.6. The summed E-state index contributed by atoms with van der Waals surface area (Å²) >= 11 is 6.33. The molecule has 39 heavy (non-hydrogen) atoms. The van der Waals surface area contributed by atoms with Gasteiger partial charge >= 0.3 is 0 Å². The molecule has 7 nitrogen and oxygen atoms in total. The Hall–Kier alpha value is -3.36. The molecule has 0 radical (unpaired) electrons. The van der Waals surface area contributed by atoms with Crippen molar-refractivity contribution in [2.45, 2.75) is 45.7 Å². The normalized spacial score (nSPS) is 12.0. The predicted octanol–water partition coefficient (Wildman–Crippen LogP) is 4.97. The van der Waals surface area contributed by atoms with Gasteiger partial charge in [-0.3, -0.25) is 13.9 Å². The lowest BCUT2D eigenvalue weighted by atomic mass is 10.0. The minimum Gasteiger partial charge on any atom is -0.354 e. The Labute approximate surface area is 236 Å². The van der Waals surface area contributed by atoms with E-state index in [0.717, 1.165) is 40.1 Å². The number of aryl methyl sites for hydroxylation is 1. The van der Waals surface area contributed by atoms with Gasteiger partial charge in [0.05, 0.1) is 17.0 Å². The van der Waals surface area contributed by atoms with Crippen molar-refractivity contribution in [3.05, 3.63) is 101 Å². The monoisotopic (exact) mass is 569 g/mol. The van der Waals surface area contributed by atoms with Crippen LogP contribution in [0.1, 0.15) is 36.5 Å². The Kier molecular flexibility index (Phi) is 10.9. The standard InChI is InChI=1S/C30H36ClN3O4S/c1-4-5-19-32-30(36)28(20-24-11-7-6-8-12-24)33(21-25-17-15-23(2)16-18-25)29(35)22-34(39(3,37)38)27-14-10-9-13-26(27)31/h6-18,28H,4-5,19-22H2,1-3H3,(H,32,36)/t28-/m0/s1. The minimum atomic E-state index is -3.87. The van der Waals surface area contributed by atoms with Crippen LogP contribution >= 0.6 is 11.6 Å².